The highest BCUT2D eigenvalue weighted by molar-refractivity contribution is 6.35. The van der Waals surface area contributed by atoms with Crippen molar-refractivity contribution in [3.05, 3.63) is 97.4 Å². The van der Waals surface area contributed by atoms with E-state index >= 15 is 0 Å². The van der Waals surface area contributed by atoms with Crippen LogP contribution in [0.4, 0.5) is 5.69 Å². The van der Waals surface area contributed by atoms with Crippen LogP contribution in [0, 0.1) is 13.8 Å². The van der Waals surface area contributed by atoms with E-state index in [1.165, 1.54) is 22.9 Å². The molecule has 27 heavy (non-hydrogen) atoms. The molecule has 138 valence electrons. The topological polar surface area (TPSA) is 51.1 Å². The maximum Gasteiger partial charge on any atom is 0.257 e. The van der Waals surface area contributed by atoms with Gasteiger partial charge in [-0.1, -0.05) is 41.4 Å². The average molecular weight is 401 g/mol. The molecule has 0 aliphatic heterocycles. The number of anilines is 1. The molecule has 3 rings (SSSR count). The van der Waals surface area contributed by atoms with Gasteiger partial charge in [0.15, 0.2) is 0 Å². The molecule has 0 fully saturated rings. The number of hydrogen-bond donors (Lipinski definition) is 1. The molecule has 1 heterocycles. The van der Waals surface area contributed by atoms with Gasteiger partial charge in [0.05, 0.1) is 12.1 Å². The van der Waals surface area contributed by atoms with Crippen molar-refractivity contribution in [1.82, 2.24) is 4.57 Å². The minimum Gasteiger partial charge on any atom is -0.322 e. The number of pyridine rings is 1. The first-order chi connectivity index (χ1) is 12.8. The fourth-order valence-corrected chi connectivity index (χ4v) is 3.16. The molecule has 3 aromatic rings. The van der Waals surface area contributed by atoms with Gasteiger partial charge in [-0.3, -0.25) is 9.59 Å². The van der Waals surface area contributed by atoms with Crippen LogP contribution in [0.15, 0.2) is 59.5 Å². The van der Waals surface area contributed by atoms with Crippen LogP contribution in [0.25, 0.3) is 0 Å². The summed E-state index contributed by atoms with van der Waals surface area (Å²) in [4.78, 5) is 24.8. The number of halogens is 2. The summed E-state index contributed by atoms with van der Waals surface area (Å²) in [7, 11) is 0. The van der Waals surface area contributed by atoms with E-state index in [-0.39, 0.29) is 18.0 Å². The number of aromatic nitrogens is 1. The Morgan fingerprint density at radius 2 is 1.81 bits per heavy atom. The summed E-state index contributed by atoms with van der Waals surface area (Å²) in [6.07, 6.45) is 1.54. The Balaban J connectivity index is 1.87. The van der Waals surface area contributed by atoms with Crippen molar-refractivity contribution < 1.29 is 4.79 Å². The predicted molar refractivity (Wildman–Crippen MR) is 110 cm³/mol. The van der Waals surface area contributed by atoms with E-state index < -0.39 is 0 Å². The molecule has 6 heteroatoms. The number of benzene rings is 2. The Morgan fingerprint density at radius 3 is 2.56 bits per heavy atom. The van der Waals surface area contributed by atoms with Crippen LogP contribution in [0.5, 0.6) is 0 Å². The summed E-state index contributed by atoms with van der Waals surface area (Å²) < 4.78 is 1.45. The van der Waals surface area contributed by atoms with Gasteiger partial charge >= 0.3 is 0 Å². The van der Waals surface area contributed by atoms with Crippen LogP contribution in [-0.4, -0.2) is 10.5 Å². The van der Waals surface area contributed by atoms with Gasteiger partial charge in [0.1, 0.15) is 0 Å². The highest BCUT2D eigenvalue weighted by Crippen LogP contribution is 2.22. The van der Waals surface area contributed by atoms with Gasteiger partial charge < -0.3 is 9.88 Å². The molecule has 0 spiro atoms. The van der Waals surface area contributed by atoms with Crippen molar-refractivity contribution in [3.63, 3.8) is 0 Å². The van der Waals surface area contributed by atoms with Crippen LogP contribution in [0.3, 0.4) is 0 Å². The molecule has 1 amide bonds. The zero-order chi connectivity index (χ0) is 19.6. The van der Waals surface area contributed by atoms with Crippen LogP contribution < -0.4 is 10.9 Å². The predicted octanol–water partition coefficient (Wildman–Crippen LogP) is 5.07. The third-order valence-corrected chi connectivity index (χ3v) is 4.83. The molecule has 0 saturated carbocycles. The number of aryl methyl sites for hydroxylation is 2. The fraction of sp³-hybridized carbons (Fsp3) is 0.143. The lowest BCUT2D eigenvalue weighted by atomic mass is 10.1. The normalized spacial score (nSPS) is 10.7. The van der Waals surface area contributed by atoms with E-state index in [1.807, 2.05) is 32.0 Å². The number of carbonyl (C=O) groups is 1. The maximum absolute atomic E-state index is 12.6. The van der Waals surface area contributed by atoms with E-state index in [9.17, 15) is 9.59 Å². The molecule has 0 radical (unpaired) electrons. The zero-order valence-electron chi connectivity index (χ0n) is 14.9. The third-order valence-electron chi connectivity index (χ3n) is 4.24. The summed E-state index contributed by atoms with van der Waals surface area (Å²) in [6, 6.07) is 13.8. The van der Waals surface area contributed by atoms with E-state index in [1.54, 1.807) is 18.2 Å². The summed E-state index contributed by atoms with van der Waals surface area (Å²) >= 11 is 12.1. The standard InChI is InChI=1S/C21H18Cl2N2O2/c1-13-3-4-14(2)19(9-13)24-21(27)16-6-8-20(26)25(12-16)11-15-5-7-17(22)10-18(15)23/h3-10,12H,11H2,1-2H3,(H,24,27). The van der Waals surface area contributed by atoms with E-state index in [0.29, 0.717) is 15.6 Å². The molecule has 0 aliphatic carbocycles. The molecule has 0 saturated heterocycles. The second kappa shape index (κ2) is 7.99. The van der Waals surface area contributed by atoms with Crippen molar-refractivity contribution in [2.45, 2.75) is 20.4 Å². The van der Waals surface area contributed by atoms with Crippen LogP contribution in [0.2, 0.25) is 10.0 Å². The fourth-order valence-electron chi connectivity index (χ4n) is 2.69. The van der Waals surface area contributed by atoms with Gasteiger partial charge in [-0.25, -0.2) is 0 Å². The summed E-state index contributed by atoms with van der Waals surface area (Å²) in [5.74, 6) is -0.278. The molecule has 0 atom stereocenters. The van der Waals surface area contributed by atoms with Gasteiger partial charge in [-0.05, 0) is 54.8 Å². The maximum atomic E-state index is 12.6. The van der Waals surface area contributed by atoms with E-state index in [4.69, 9.17) is 23.2 Å². The largest absolute Gasteiger partial charge is 0.322 e. The monoisotopic (exact) mass is 400 g/mol. The number of carbonyl (C=O) groups excluding carboxylic acids is 1. The second-order valence-electron chi connectivity index (χ2n) is 6.39. The molecule has 0 unspecified atom stereocenters. The Labute approximate surface area is 167 Å². The molecular weight excluding hydrogens is 383 g/mol. The highest BCUT2D eigenvalue weighted by atomic mass is 35.5. The molecule has 1 N–H and O–H groups in total. The number of nitrogens with one attached hydrogen (secondary N) is 1. The molecule has 0 bridgehead atoms. The van der Waals surface area contributed by atoms with Gasteiger partial charge in [-0.2, -0.15) is 0 Å². The smallest absolute Gasteiger partial charge is 0.257 e. The van der Waals surface area contributed by atoms with Crippen molar-refractivity contribution in [2.75, 3.05) is 5.32 Å². The first-order valence-electron chi connectivity index (χ1n) is 8.36. The van der Waals surface area contributed by atoms with E-state index in [2.05, 4.69) is 5.32 Å². The van der Waals surface area contributed by atoms with Crippen molar-refractivity contribution in [1.29, 1.82) is 0 Å². The van der Waals surface area contributed by atoms with Crippen molar-refractivity contribution >= 4 is 34.8 Å². The third kappa shape index (κ3) is 4.59. The molecule has 2 aromatic carbocycles. The Morgan fingerprint density at radius 1 is 1.04 bits per heavy atom. The zero-order valence-corrected chi connectivity index (χ0v) is 16.4. The van der Waals surface area contributed by atoms with Crippen LogP contribution in [-0.2, 0) is 6.54 Å². The van der Waals surface area contributed by atoms with Gasteiger partial charge in [-0.15, -0.1) is 0 Å². The number of hydrogen-bond acceptors (Lipinski definition) is 2. The molecule has 0 aliphatic rings. The first kappa shape index (κ1) is 19.2. The SMILES string of the molecule is Cc1ccc(C)c(NC(=O)c2ccc(=O)n(Cc3ccc(Cl)cc3Cl)c2)c1. The number of rotatable bonds is 4. The average Bonchev–Trinajstić information content (AvgIpc) is 2.62. The second-order valence-corrected chi connectivity index (χ2v) is 7.24. The van der Waals surface area contributed by atoms with Gasteiger partial charge in [0.2, 0.25) is 0 Å². The van der Waals surface area contributed by atoms with Gasteiger partial charge in [0.25, 0.3) is 11.5 Å². The van der Waals surface area contributed by atoms with Gasteiger partial charge in [0, 0.05) is 28.0 Å². The molecule has 1 aromatic heterocycles. The molecule has 4 nitrogen and oxygen atoms in total. The summed E-state index contributed by atoms with van der Waals surface area (Å²) in [5, 5.41) is 3.90. The Bertz CT molecular complexity index is 1070. The van der Waals surface area contributed by atoms with Crippen LogP contribution in [0.1, 0.15) is 27.0 Å². The minimum atomic E-state index is -0.278. The Hall–Kier alpha value is -2.56. The number of nitrogens with zero attached hydrogens (tertiary/aromatic N) is 1. The van der Waals surface area contributed by atoms with E-state index in [0.717, 1.165) is 22.4 Å². The lowest BCUT2D eigenvalue weighted by molar-refractivity contribution is 0.102. The summed E-state index contributed by atoms with van der Waals surface area (Å²) in [6.45, 7) is 4.14. The van der Waals surface area contributed by atoms with Crippen molar-refractivity contribution in [3.8, 4) is 0 Å². The minimum absolute atomic E-state index is 0.218. The Kier molecular flexibility index (Phi) is 5.68. The van der Waals surface area contributed by atoms with Crippen molar-refractivity contribution in [2.24, 2.45) is 0 Å². The quantitative estimate of drug-likeness (QED) is 0.664. The molecular formula is C21H18Cl2N2O2. The highest BCUT2D eigenvalue weighted by Gasteiger charge is 2.11. The first-order valence-corrected chi connectivity index (χ1v) is 9.12. The summed E-state index contributed by atoms with van der Waals surface area (Å²) in [5.41, 5.74) is 3.69. The lowest BCUT2D eigenvalue weighted by Crippen LogP contribution is -2.22. The number of amides is 1. The lowest BCUT2D eigenvalue weighted by Gasteiger charge is -2.12. The van der Waals surface area contributed by atoms with Crippen LogP contribution >= 0.6 is 23.2 Å².